The summed E-state index contributed by atoms with van der Waals surface area (Å²) in [7, 11) is 1.65. The molecule has 0 saturated heterocycles. The summed E-state index contributed by atoms with van der Waals surface area (Å²) in [6, 6.07) is 7.80. The van der Waals surface area contributed by atoms with E-state index in [1.165, 1.54) is 5.57 Å². The topological polar surface area (TPSA) is 83.0 Å². The van der Waals surface area contributed by atoms with Crippen LogP contribution in [0.3, 0.4) is 0 Å². The highest BCUT2D eigenvalue weighted by molar-refractivity contribution is 5.75. The maximum atomic E-state index is 11.2. The molecule has 24 heavy (non-hydrogen) atoms. The fraction of sp³-hybridized carbons (Fsp3) is 0.389. The van der Waals surface area contributed by atoms with E-state index in [2.05, 4.69) is 30.0 Å². The highest BCUT2D eigenvalue weighted by atomic mass is 16.5. The Balaban J connectivity index is 2.26. The monoisotopic (exact) mass is 328 g/mol. The number of aryl methyl sites for hydroxylation is 1. The fourth-order valence-electron chi connectivity index (χ4n) is 2.45. The van der Waals surface area contributed by atoms with Gasteiger partial charge in [-0.3, -0.25) is 4.79 Å². The van der Waals surface area contributed by atoms with Crippen molar-refractivity contribution >= 4 is 5.91 Å². The van der Waals surface area contributed by atoms with Crippen molar-refractivity contribution in [1.82, 2.24) is 14.8 Å². The molecular weight excluding hydrogens is 304 g/mol. The predicted octanol–water partition coefficient (Wildman–Crippen LogP) is 2.26. The third-order valence-corrected chi connectivity index (χ3v) is 3.56. The van der Waals surface area contributed by atoms with Gasteiger partial charge in [0.1, 0.15) is 11.6 Å². The minimum absolute atomic E-state index is 0.0502. The molecule has 0 saturated carbocycles. The van der Waals surface area contributed by atoms with Crippen LogP contribution in [0.2, 0.25) is 0 Å². The van der Waals surface area contributed by atoms with Gasteiger partial charge in [0, 0.05) is 12.0 Å². The summed E-state index contributed by atoms with van der Waals surface area (Å²) in [5, 5.41) is 4.45. The first-order valence-electron chi connectivity index (χ1n) is 7.95. The van der Waals surface area contributed by atoms with Crippen molar-refractivity contribution in [3.05, 3.63) is 53.1 Å². The van der Waals surface area contributed by atoms with Gasteiger partial charge in [-0.1, -0.05) is 29.8 Å². The van der Waals surface area contributed by atoms with E-state index >= 15 is 0 Å². The van der Waals surface area contributed by atoms with Gasteiger partial charge in [0.2, 0.25) is 5.91 Å². The van der Waals surface area contributed by atoms with Crippen molar-refractivity contribution in [1.29, 1.82) is 0 Å². The maximum Gasteiger partial charge on any atom is 0.225 e. The highest BCUT2D eigenvalue weighted by Crippen LogP contribution is 2.19. The maximum absolute atomic E-state index is 11.2. The zero-order valence-electron chi connectivity index (χ0n) is 14.5. The zero-order chi connectivity index (χ0) is 17.5. The summed E-state index contributed by atoms with van der Waals surface area (Å²) in [6.07, 6.45) is 3.85. The van der Waals surface area contributed by atoms with Crippen molar-refractivity contribution in [2.45, 2.75) is 39.7 Å². The Kier molecular flexibility index (Phi) is 6.12. The van der Waals surface area contributed by atoms with Crippen LogP contribution >= 0.6 is 0 Å². The number of allylic oxidation sites excluding steroid dienone is 2. The van der Waals surface area contributed by atoms with Crippen molar-refractivity contribution < 1.29 is 9.53 Å². The van der Waals surface area contributed by atoms with E-state index < -0.39 is 5.91 Å². The number of nitrogens with zero attached hydrogens (tertiary/aromatic N) is 3. The standard InChI is InChI=1S/C18H24N4O2/c1-13(2)7-6-10-18-20-17(11-16(19)23)21-22(18)12-14-8-4-5-9-15(14)24-3/h4-5,7-9H,6,10-12H2,1-3H3,(H2,19,23). The number of primary amides is 1. The Labute approximate surface area is 142 Å². The van der Waals surface area contributed by atoms with Crippen LogP contribution in [-0.2, 0) is 24.2 Å². The fourth-order valence-corrected chi connectivity index (χ4v) is 2.45. The van der Waals surface area contributed by atoms with Gasteiger partial charge in [-0.15, -0.1) is 0 Å². The first-order chi connectivity index (χ1) is 11.5. The number of amides is 1. The van der Waals surface area contributed by atoms with Crippen molar-refractivity contribution in [3.63, 3.8) is 0 Å². The van der Waals surface area contributed by atoms with E-state index in [1.54, 1.807) is 7.11 Å². The number of methoxy groups -OCH3 is 1. The second kappa shape index (κ2) is 8.29. The van der Waals surface area contributed by atoms with Crippen LogP contribution in [0.1, 0.15) is 37.5 Å². The summed E-state index contributed by atoms with van der Waals surface area (Å²) in [5.74, 6) is 1.68. The molecule has 1 heterocycles. The highest BCUT2D eigenvalue weighted by Gasteiger charge is 2.13. The Bertz CT molecular complexity index is 730. The number of hydrogen-bond acceptors (Lipinski definition) is 4. The first kappa shape index (κ1) is 17.7. The smallest absolute Gasteiger partial charge is 0.225 e. The summed E-state index contributed by atoms with van der Waals surface area (Å²) in [4.78, 5) is 15.6. The lowest BCUT2D eigenvalue weighted by molar-refractivity contribution is -0.117. The van der Waals surface area contributed by atoms with Gasteiger partial charge in [0.25, 0.3) is 0 Å². The third kappa shape index (κ3) is 4.94. The number of aromatic nitrogens is 3. The molecule has 2 aromatic rings. The molecule has 0 spiro atoms. The zero-order valence-corrected chi connectivity index (χ0v) is 14.5. The van der Waals surface area contributed by atoms with Crippen LogP contribution in [0.15, 0.2) is 35.9 Å². The van der Waals surface area contributed by atoms with Crippen molar-refractivity contribution in [2.75, 3.05) is 7.11 Å². The molecule has 0 bridgehead atoms. The molecule has 0 radical (unpaired) electrons. The quantitative estimate of drug-likeness (QED) is 0.754. The lowest BCUT2D eigenvalue weighted by Crippen LogP contribution is -2.15. The molecular formula is C18H24N4O2. The summed E-state index contributed by atoms with van der Waals surface area (Å²) < 4.78 is 7.22. The number of carbonyl (C=O) groups is 1. The van der Waals surface area contributed by atoms with Crippen LogP contribution in [0.4, 0.5) is 0 Å². The van der Waals surface area contributed by atoms with Gasteiger partial charge >= 0.3 is 0 Å². The Hall–Kier alpha value is -2.63. The molecule has 2 N–H and O–H groups in total. The number of rotatable bonds is 8. The normalized spacial score (nSPS) is 10.5. The molecule has 0 unspecified atom stereocenters. The van der Waals surface area contributed by atoms with Gasteiger partial charge in [0.05, 0.1) is 20.1 Å². The molecule has 2 rings (SSSR count). The van der Waals surface area contributed by atoms with E-state index in [9.17, 15) is 4.79 Å². The van der Waals surface area contributed by atoms with Crippen LogP contribution in [0, 0.1) is 0 Å². The number of para-hydroxylation sites is 1. The van der Waals surface area contributed by atoms with Gasteiger partial charge in [-0.2, -0.15) is 5.10 Å². The van der Waals surface area contributed by atoms with E-state index in [0.717, 1.165) is 30.0 Å². The molecule has 1 aromatic heterocycles. The number of ether oxygens (including phenoxy) is 1. The third-order valence-electron chi connectivity index (χ3n) is 3.56. The number of nitrogens with two attached hydrogens (primary N) is 1. The molecule has 0 aliphatic rings. The average Bonchev–Trinajstić information content (AvgIpc) is 2.88. The van der Waals surface area contributed by atoms with Crippen LogP contribution in [0.25, 0.3) is 0 Å². The van der Waals surface area contributed by atoms with Crippen LogP contribution < -0.4 is 10.5 Å². The largest absolute Gasteiger partial charge is 0.496 e. The number of benzene rings is 1. The second-order valence-corrected chi connectivity index (χ2v) is 5.88. The number of hydrogen-bond donors (Lipinski definition) is 1. The lowest BCUT2D eigenvalue weighted by atomic mass is 10.2. The molecule has 0 aliphatic carbocycles. The Morgan fingerprint density at radius 2 is 2.08 bits per heavy atom. The first-order valence-corrected chi connectivity index (χ1v) is 7.95. The van der Waals surface area contributed by atoms with Gasteiger partial charge < -0.3 is 10.5 Å². The minimum atomic E-state index is -0.430. The Morgan fingerprint density at radius 3 is 2.75 bits per heavy atom. The SMILES string of the molecule is COc1ccccc1Cn1nc(CC(N)=O)nc1CCC=C(C)C. The molecule has 0 atom stereocenters. The van der Waals surface area contributed by atoms with Crippen LogP contribution in [0.5, 0.6) is 5.75 Å². The molecule has 128 valence electrons. The lowest BCUT2D eigenvalue weighted by Gasteiger charge is -2.09. The predicted molar refractivity (Wildman–Crippen MR) is 92.8 cm³/mol. The molecule has 0 fully saturated rings. The van der Waals surface area contributed by atoms with Crippen LogP contribution in [-0.4, -0.2) is 27.8 Å². The average molecular weight is 328 g/mol. The van der Waals surface area contributed by atoms with Gasteiger partial charge in [0.15, 0.2) is 5.82 Å². The molecule has 0 aliphatic heterocycles. The van der Waals surface area contributed by atoms with E-state index in [1.807, 2.05) is 28.9 Å². The van der Waals surface area contributed by atoms with E-state index in [4.69, 9.17) is 10.5 Å². The second-order valence-electron chi connectivity index (χ2n) is 5.88. The summed E-state index contributed by atoms with van der Waals surface area (Å²) in [6.45, 7) is 4.68. The van der Waals surface area contributed by atoms with E-state index in [-0.39, 0.29) is 6.42 Å². The minimum Gasteiger partial charge on any atom is -0.496 e. The van der Waals surface area contributed by atoms with Crippen molar-refractivity contribution in [3.8, 4) is 5.75 Å². The molecule has 6 heteroatoms. The molecule has 1 aromatic carbocycles. The summed E-state index contributed by atoms with van der Waals surface area (Å²) in [5.41, 5.74) is 7.54. The van der Waals surface area contributed by atoms with Crippen molar-refractivity contribution in [2.24, 2.45) is 5.73 Å². The van der Waals surface area contributed by atoms with E-state index in [0.29, 0.717) is 12.4 Å². The molecule has 1 amide bonds. The number of carbonyl (C=O) groups excluding carboxylic acids is 1. The van der Waals surface area contributed by atoms with Gasteiger partial charge in [-0.25, -0.2) is 9.67 Å². The Morgan fingerprint density at radius 1 is 1.33 bits per heavy atom. The van der Waals surface area contributed by atoms with Gasteiger partial charge in [-0.05, 0) is 26.3 Å². The summed E-state index contributed by atoms with van der Waals surface area (Å²) >= 11 is 0. The molecule has 6 nitrogen and oxygen atoms in total.